The fourth-order valence-corrected chi connectivity index (χ4v) is 4.09. The number of amides is 1. The lowest BCUT2D eigenvalue weighted by Crippen LogP contribution is -2.30. The molecule has 0 spiro atoms. The molecule has 1 unspecified atom stereocenters. The number of carbonyl (C=O) groups excluding carboxylic acids is 1. The van der Waals surface area contributed by atoms with E-state index < -0.39 is 0 Å². The zero-order chi connectivity index (χ0) is 17.8. The van der Waals surface area contributed by atoms with E-state index in [1.165, 1.54) is 11.8 Å². The Bertz CT molecular complexity index is 800. The number of thioether (sulfide) groups is 1. The average Bonchev–Trinajstić information content (AvgIpc) is 2.90. The van der Waals surface area contributed by atoms with Crippen LogP contribution in [0.3, 0.4) is 0 Å². The Morgan fingerprint density at radius 3 is 2.48 bits per heavy atom. The first kappa shape index (κ1) is 17.7. The molecular weight excluding hydrogens is 350 g/mol. The molecule has 1 fully saturated rings. The van der Waals surface area contributed by atoms with Crippen LogP contribution in [0.4, 0.5) is 0 Å². The first-order valence-corrected chi connectivity index (χ1v) is 9.37. The quantitative estimate of drug-likeness (QED) is 0.545. The van der Waals surface area contributed by atoms with Crippen LogP contribution in [0.15, 0.2) is 59.5 Å². The topological polar surface area (TPSA) is 29.5 Å². The predicted octanol–water partition coefficient (Wildman–Crippen LogP) is 5.05. The Kier molecular flexibility index (Phi) is 5.56. The van der Waals surface area contributed by atoms with Crippen molar-refractivity contribution in [3.8, 4) is 5.75 Å². The standard InChI is InChI=1S/C20H19NO2S2/c1-3-23-17-11-9-15(10-12-17)13-18-19(22)21(20(24)25-18)14(2)16-7-5-4-6-8-16/h4-14H,3H2,1-2H3. The average molecular weight is 370 g/mol. The van der Waals surface area contributed by atoms with Crippen molar-refractivity contribution < 1.29 is 9.53 Å². The second kappa shape index (κ2) is 7.85. The van der Waals surface area contributed by atoms with Crippen molar-refractivity contribution >= 4 is 40.3 Å². The van der Waals surface area contributed by atoms with Gasteiger partial charge in [-0.05, 0) is 43.2 Å². The van der Waals surface area contributed by atoms with Gasteiger partial charge in [0, 0.05) is 0 Å². The number of ether oxygens (including phenoxy) is 1. The van der Waals surface area contributed by atoms with E-state index >= 15 is 0 Å². The minimum Gasteiger partial charge on any atom is -0.494 e. The molecule has 2 aromatic carbocycles. The lowest BCUT2D eigenvalue weighted by molar-refractivity contribution is -0.123. The predicted molar refractivity (Wildman–Crippen MR) is 107 cm³/mol. The third kappa shape index (κ3) is 3.94. The van der Waals surface area contributed by atoms with Gasteiger partial charge in [-0.1, -0.05) is 66.4 Å². The molecule has 1 aliphatic heterocycles. The van der Waals surface area contributed by atoms with Crippen molar-refractivity contribution in [2.24, 2.45) is 0 Å². The molecule has 3 nitrogen and oxygen atoms in total. The van der Waals surface area contributed by atoms with Gasteiger partial charge in [0.05, 0.1) is 17.6 Å². The summed E-state index contributed by atoms with van der Waals surface area (Å²) >= 11 is 6.80. The van der Waals surface area contributed by atoms with Crippen LogP contribution in [0.25, 0.3) is 6.08 Å². The number of thiocarbonyl (C=S) groups is 1. The fourth-order valence-electron chi connectivity index (χ4n) is 2.67. The summed E-state index contributed by atoms with van der Waals surface area (Å²) in [5.41, 5.74) is 2.03. The van der Waals surface area contributed by atoms with Crippen LogP contribution in [0.1, 0.15) is 31.0 Å². The van der Waals surface area contributed by atoms with Crippen LogP contribution in [-0.4, -0.2) is 21.7 Å². The van der Waals surface area contributed by atoms with Gasteiger partial charge in [-0.3, -0.25) is 9.69 Å². The van der Waals surface area contributed by atoms with E-state index in [-0.39, 0.29) is 11.9 Å². The summed E-state index contributed by atoms with van der Waals surface area (Å²) < 4.78 is 6.04. The van der Waals surface area contributed by atoms with E-state index in [2.05, 4.69) is 0 Å². The molecule has 1 saturated heterocycles. The molecule has 2 aromatic rings. The van der Waals surface area contributed by atoms with Crippen LogP contribution < -0.4 is 4.74 Å². The van der Waals surface area contributed by atoms with Gasteiger partial charge < -0.3 is 4.74 Å². The Morgan fingerprint density at radius 1 is 1.16 bits per heavy atom. The van der Waals surface area contributed by atoms with Crippen molar-refractivity contribution in [2.45, 2.75) is 19.9 Å². The van der Waals surface area contributed by atoms with E-state index in [1.807, 2.05) is 74.5 Å². The van der Waals surface area contributed by atoms with Gasteiger partial charge in [0.25, 0.3) is 5.91 Å². The zero-order valence-electron chi connectivity index (χ0n) is 14.1. The Labute approximate surface area is 157 Å². The van der Waals surface area contributed by atoms with Gasteiger partial charge >= 0.3 is 0 Å². The summed E-state index contributed by atoms with van der Waals surface area (Å²) in [6, 6.07) is 17.5. The summed E-state index contributed by atoms with van der Waals surface area (Å²) in [5.74, 6) is 0.783. The first-order valence-electron chi connectivity index (χ1n) is 8.15. The molecule has 0 saturated carbocycles. The molecule has 1 amide bonds. The van der Waals surface area contributed by atoms with Crippen LogP contribution in [0.2, 0.25) is 0 Å². The van der Waals surface area contributed by atoms with Gasteiger partial charge in [-0.2, -0.15) is 0 Å². The molecule has 128 valence electrons. The SMILES string of the molecule is CCOc1ccc(C=C2SC(=S)N(C(C)c3ccccc3)C2=O)cc1. The molecule has 0 N–H and O–H groups in total. The molecule has 25 heavy (non-hydrogen) atoms. The summed E-state index contributed by atoms with van der Waals surface area (Å²) in [5, 5.41) is 0. The summed E-state index contributed by atoms with van der Waals surface area (Å²) in [6.07, 6.45) is 1.88. The molecule has 5 heteroatoms. The molecule has 0 bridgehead atoms. The maximum atomic E-state index is 12.8. The smallest absolute Gasteiger partial charge is 0.266 e. The highest BCUT2D eigenvalue weighted by Crippen LogP contribution is 2.38. The highest BCUT2D eigenvalue weighted by Gasteiger charge is 2.35. The Morgan fingerprint density at radius 2 is 1.84 bits per heavy atom. The van der Waals surface area contributed by atoms with Gasteiger partial charge in [0.1, 0.15) is 10.1 Å². The summed E-state index contributed by atoms with van der Waals surface area (Å²) in [4.78, 5) is 15.2. The monoisotopic (exact) mass is 369 g/mol. The maximum absolute atomic E-state index is 12.8. The number of benzene rings is 2. The van der Waals surface area contributed by atoms with E-state index in [0.29, 0.717) is 15.8 Å². The van der Waals surface area contributed by atoms with Crippen molar-refractivity contribution in [1.29, 1.82) is 0 Å². The van der Waals surface area contributed by atoms with E-state index in [0.717, 1.165) is 16.9 Å². The molecule has 3 rings (SSSR count). The van der Waals surface area contributed by atoms with E-state index in [9.17, 15) is 4.79 Å². The van der Waals surface area contributed by atoms with E-state index in [4.69, 9.17) is 17.0 Å². The molecule has 1 heterocycles. The minimum atomic E-state index is -0.0834. The number of rotatable bonds is 5. The van der Waals surface area contributed by atoms with Crippen LogP contribution in [0, 0.1) is 0 Å². The molecule has 1 aliphatic rings. The molecule has 0 radical (unpaired) electrons. The van der Waals surface area contributed by atoms with Gasteiger partial charge in [-0.25, -0.2) is 0 Å². The number of nitrogens with zero attached hydrogens (tertiary/aromatic N) is 1. The van der Waals surface area contributed by atoms with E-state index in [1.54, 1.807) is 4.90 Å². The number of carbonyl (C=O) groups is 1. The van der Waals surface area contributed by atoms with Crippen LogP contribution >= 0.6 is 24.0 Å². The van der Waals surface area contributed by atoms with Crippen molar-refractivity contribution in [3.63, 3.8) is 0 Å². The second-order valence-corrected chi connectivity index (χ2v) is 7.32. The first-order chi connectivity index (χ1) is 12.1. The molecule has 0 aromatic heterocycles. The summed E-state index contributed by atoms with van der Waals surface area (Å²) in [7, 11) is 0. The maximum Gasteiger partial charge on any atom is 0.266 e. The third-order valence-corrected chi connectivity index (χ3v) is 5.31. The van der Waals surface area contributed by atoms with Crippen molar-refractivity contribution in [3.05, 3.63) is 70.6 Å². The van der Waals surface area contributed by atoms with Gasteiger partial charge in [-0.15, -0.1) is 0 Å². The highest BCUT2D eigenvalue weighted by atomic mass is 32.2. The zero-order valence-corrected chi connectivity index (χ0v) is 15.8. The third-order valence-electron chi connectivity index (χ3n) is 3.98. The molecule has 1 atom stereocenters. The Hall–Kier alpha value is -2.11. The largest absolute Gasteiger partial charge is 0.494 e. The molecule has 0 aliphatic carbocycles. The van der Waals surface area contributed by atoms with Crippen LogP contribution in [0.5, 0.6) is 5.75 Å². The van der Waals surface area contributed by atoms with Crippen LogP contribution in [-0.2, 0) is 4.79 Å². The number of hydrogen-bond acceptors (Lipinski definition) is 4. The number of hydrogen-bond donors (Lipinski definition) is 0. The lowest BCUT2D eigenvalue weighted by Gasteiger charge is -2.23. The minimum absolute atomic E-state index is 0.0414. The normalized spacial score (nSPS) is 17.2. The second-order valence-electron chi connectivity index (χ2n) is 5.64. The van der Waals surface area contributed by atoms with Gasteiger partial charge in [0.2, 0.25) is 0 Å². The van der Waals surface area contributed by atoms with Crippen molar-refractivity contribution in [2.75, 3.05) is 6.61 Å². The lowest BCUT2D eigenvalue weighted by atomic mass is 10.1. The van der Waals surface area contributed by atoms with Crippen molar-refractivity contribution in [1.82, 2.24) is 4.90 Å². The summed E-state index contributed by atoms with van der Waals surface area (Å²) in [6.45, 7) is 4.59. The van der Waals surface area contributed by atoms with Gasteiger partial charge in [0.15, 0.2) is 0 Å². The Balaban J connectivity index is 1.81. The molecular formula is C20H19NO2S2. The highest BCUT2D eigenvalue weighted by molar-refractivity contribution is 8.26. The fraction of sp³-hybridized carbons (Fsp3) is 0.200.